The van der Waals surface area contributed by atoms with Crippen molar-refractivity contribution in [2.45, 2.75) is 38.8 Å². The van der Waals surface area contributed by atoms with Crippen LogP contribution < -0.4 is 0 Å². The molecule has 1 heterocycles. The van der Waals surface area contributed by atoms with Gasteiger partial charge in [0, 0.05) is 18.3 Å². The van der Waals surface area contributed by atoms with E-state index in [9.17, 15) is 8.78 Å². The van der Waals surface area contributed by atoms with Crippen molar-refractivity contribution in [3.63, 3.8) is 0 Å². The molecular weight excluding hydrogens is 344 g/mol. The van der Waals surface area contributed by atoms with Gasteiger partial charge < -0.3 is 0 Å². The number of para-hydroxylation sites is 1. The Hall–Kier alpha value is -2.53. The maximum absolute atomic E-state index is 13.6. The molecule has 3 aromatic rings. The standard InChI is InChI=1S/C22H23F2N3/c1-15(16-11-12-19(23)20(24)13-16)26(2)14-21-18-9-6-10-22(18)27(25-21)17-7-4-3-5-8-17/h3-5,7-8,11-13,15H,6,9-10,14H2,1-2H3. The second-order valence-electron chi connectivity index (χ2n) is 7.24. The van der Waals surface area contributed by atoms with Gasteiger partial charge in [-0.05, 0) is 68.6 Å². The lowest BCUT2D eigenvalue weighted by atomic mass is 10.1. The van der Waals surface area contributed by atoms with Crippen LogP contribution in [-0.2, 0) is 19.4 Å². The van der Waals surface area contributed by atoms with Crippen molar-refractivity contribution in [1.29, 1.82) is 0 Å². The fraction of sp³-hybridized carbons (Fsp3) is 0.318. The highest BCUT2D eigenvalue weighted by Crippen LogP contribution is 2.30. The van der Waals surface area contributed by atoms with Gasteiger partial charge in [0.2, 0.25) is 0 Å². The molecule has 0 spiro atoms. The highest BCUT2D eigenvalue weighted by atomic mass is 19.2. The van der Waals surface area contributed by atoms with Gasteiger partial charge in [-0.2, -0.15) is 5.10 Å². The second kappa shape index (κ2) is 7.24. The van der Waals surface area contributed by atoms with Crippen LogP contribution >= 0.6 is 0 Å². The minimum atomic E-state index is -0.812. The van der Waals surface area contributed by atoms with Crippen LogP contribution in [0.3, 0.4) is 0 Å². The monoisotopic (exact) mass is 367 g/mol. The smallest absolute Gasteiger partial charge is 0.159 e. The Morgan fingerprint density at radius 1 is 1.07 bits per heavy atom. The van der Waals surface area contributed by atoms with Crippen LogP contribution in [0.5, 0.6) is 0 Å². The topological polar surface area (TPSA) is 21.1 Å². The Kier molecular flexibility index (Phi) is 4.79. The molecule has 2 aromatic carbocycles. The second-order valence-corrected chi connectivity index (χ2v) is 7.24. The number of hydrogen-bond donors (Lipinski definition) is 0. The number of rotatable bonds is 5. The lowest BCUT2D eigenvalue weighted by Gasteiger charge is -2.24. The molecule has 0 amide bonds. The molecule has 5 heteroatoms. The van der Waals surface area contributed by atoms with E-state index in [4.69, 9.17) is 5.10 Å². The maximum atomic E-state index is 13.6. The van der Waals surface area contributed by atoms with Crippen LogP contribution in [0, 0.1) is 11.6 Å². The lowest BCUT2D eigenvalue weighted by molar-refractivity contribution is 0.248. The zero-order valence-corrected chi connectivity index (χ0v) is 15.6. The molecule has 0 aliphatic heterocycles. The van der Waals surface area contributed by atoms with E-state index in [1.807, 2.05) is 32.2 Å². The van der Waals surface area contributed by atoms with E-state index in [2.05, 4.69) is 21.7 Å². The number of hydrogen-bond acceptors (Lipinski definition) is 2. The summed E-state index contributed by atoms with van der Waals surface area (Å²) in [4.78, 5) is 2.13. The zero-order valence-electron chi connectivity index (χ0n) is 15.6. The van der Waals surface area contributed by atoms with E-state index in [1.54, 1.807) is 6.07 Å². The van der Waals surface area contributed by atoms with Crippen LogP contribution in [0.25, 0.3) is 5.69 Å². The fourth-order valence-corrected chi connectivity index (χ4v) is 3.82. The van der Waals surface area contributed by atoms with Crippen molar-refractivity contribution in [3.8, 4) is 5.69 Å². The molecule has 3 nitrogen and oxygen atoms in total. The molecule has 4 rings (SSSR count). The minimum Gasteiger partial charge on any atom is -0.294 e. The van der Waals surface area contributed by atoms with Gasteiger partial charge in [0.25, 0.3) is 0 Å². The first-order valence-corrected chi connectivity index (χ1v) is 9.35. The summed E-state index contributed by atoms with van der Waals surface area (Å²) >= 11 is 0. The summed E-state index contributed by atoms with van der Waals surface area (Å²) in [5, 5.41) is 4.89. The largest absolute Gasteiger partial charge is 0.294 e. The number of fused-ring (bicyclic) bond motifs is 1. The molecule has 0 saturated carbocycles. The minimum absolute atomic E-state index is 0.0426. The Morgan fingerprint density at radius 3 is 2.59 bits per heavy atom. The maximum Gasteiger partial charge on any atom is 0.159 e. The molecule has 1 unspecified atom stereocenters. The van der Waals surface area contributed by atoms with Crippen molar-refractivity contribution in [3.05, 3.63) is 82.7 Å². The van der Waals surface area contributed by atoms with E-state index in [0.29, 0.717) is 6.54 Å². The van der Waals surface area contributed by atoms with E-state index in [-0.39, 0.29) is 6.04 Å². The molecule has 27 heavy (non-hydrogen) atoms. The normalized spacial score (nSPS) is 14.6. The number of nitrogens with zero attached hydrogens (tertiary/aromatic N) is 3. The molecule has 140 valence electrons. The van der Waals surface area contributed by atoms with E-state index >= 15 is 0 Å². The van der Waals surface area contributed by atoms with Crippen molar-refractivity contribution >= 4 is 0 Å². The van der Waals surface area contributed by atoms with Gasteiger partial charge in [0.1, 0.15) is 0 Å². The first-order valence-electron chi connectivity index (χ1n) is 9.35. The zero-order chi connectivity index (χ0) is 19.0. The molecule has 1 aliphatic carbocycles. The summed E-state index contributed by atoms with van der Waals surface area (Å²) in [5.74, 6) is -1.62. The first-order chi connectivity index (χ1) is 13.0. The van der Waals surface area contributed by atoms with Gasteiger partial charge in [-0.1, -0.05) is 24.3 Å². The third-order valence-corrected chi connectivity index (χ3v) is 5.50. The van der Waals surface area contributed by atoms with E-state index in [0.717, 1.165) is 36.2 Å². The SMILES string of the molecule is CC(c1ccc(F)c(F)c1)N(C)Cc1nn(-c2ccccc2)c2c1CCC2. The summed E-state index contributed by atoms with van der Waals surface area (Å²) in [6.07, 6.45) is 3.24. The molecule has 1 aliphatic rings. The third-order valence-electron chi connectivity index (χ3n) is 5.50. The lowest BCUT2D eigenvalue weighted by Crippen LogP contribution is -2.23. The Balaban J connectivity index is 1.60. The number of halogens is 2. The van der Waals surface area contributed by atoms with Crippen LogP contribution in [0.15, 0.2) is 48.5 Å². The molecule has 0 bridgehead atoms. The van der Waals surface area contributed by atoms with Crippen LogP contribution in [0.2, 0.25) is 0 Å². The Morgan fingerprint density at radius 2 is 1.85 bits per heavy atom. The first kappa shape index (κ1) is 17.9. The van der Waals surface area contributed by atoms with Crippen molar-refractivity contribution < 1.29 is 8.78 Å². The summed E-state index contributed by atoms with van der Waals surface area (Å²) < 4.78 is 28.9. The predicted octanol–water partition coefficient (Wildman–Crippen LogP) is 4.83. The molecule has 0 radical (unpaired) electrons. The Labute approximate surface area is 158 Å². The van der Waals surface area contributed by atoms with Gasteiger partial charge in [0.05, 0.1) is 11.4 Å². The summed E-state index contributed by atoms with van der Waals surface area (Å²) in [5.41, 5.74) is 5.55. The van der Waals surface area contributed by atoms with E-state index < -0.39 is 11.6 Å². The molecule has 0 N–H and O–H groups in total. The quantitative estimate of drug-likeness (QED) is 0.644. The van der Waals surface area contributed by atoms with Gasteiger partial charge in [-0.25, -0.2) is 13.5 Å². The number of aromatic nitrogens is 2. The molecule has 0 fully saturated rings. The summed E-state index contributed by atoms with van der Waals surface area (Å²) in [7, 11) is 1.99. The van der Waals surface area contributed by atoms with Crippen LogP contribution in [0.4, 0.5) is 8.78 Å². The summed E-state index contributed by atoms with van der Waals surface area (Å²) in [6.45, 7) is 2.67. The van der Waals surface area contributed by atoms with Crippen molar-refractivity contribution in [2.24, 2.45) is 0 Å². The van der Waals surface area contributed by atoms with Crippen LogP contribution in [0.1, 0.15) is 41.9 Å². The predicted molar refractivity (Wildman–Crippen MR) is 102 cm³/mol. The van der Waals surface area contributed by atoms with Gasteiger partial charge >= 0.3 is 0 Å². The van der Waals surface area contributed by atoms with Crippen LogP contribution in [-0.4, -0.2) is 21.7 Å². The molecule has 1 atom stereocenters. The van der Waals surface area contributed by atoms with Crippen molar-refractivity contribution in [2.75, 3.05) is 7.05 Å². The summed E-state index contributed by atoms with van der Waals surface area (Å²) in [6, 6.07) is 14.3. The average Bonchev–Trinajstić information content (AvgIpc) is 3.28. The number of benzene rings is 2. The van der Waals surface area contributed by atoms with Gasteiger partial charge in [-0.15, -0.1) is 0 Å². The average molecular weight is 367 g/mol. The molecule has 0 saturated heterocycles. The van der Waals surface area contributed by atoms with E-state index in [1.165, 1.54) is 23.4 Å². The highest BCUT2D eigenvalue weighted by molar-refractivity contribution is 5.40. The third kappa shape index (κ3) is 3.39. The Bertz CT molecular complexity index is 950. The fourth-order valence-electron chi connectivity index (χ4n) is 3.82. The van der Waals surface area contributed by atoms with Crippen molar-refractivity contribution in [1.82, 2.24) is 14.7 Å². The van der Waals surface area contributed by atoms with Gasteiger partial charge in [-0.3, -0.25) is 4.90 Å². The molecular formula is C22H23F2N3. The van der Waals surface area contributed by atoms with Gasteiger partial charge in [0.15, 0.2) is 11.6 Å². The highest BCUT2D eigenvalue weighted by Gasteiger charge is 2.25. The molecule has 1 aromatic heterocycles.